The summed E-state index contributed by atoms with van der Waals surface area (Å²) in [5, 5.41) is 9.61. The molecule has 3 N–H and O–H groups in total. The third-order valence-electron chi connectivity index (χ3n) is 6.67. The first-order valence-electron chi connectivity index (χ1n) is 11.7. The van der Waals surface area contributed by atoms with Crippen LogP contribution in [0.4, 0.5) is 5.69 Å². The fourth-order valence-corrected chi connectivity index (χ4v) is 4.66. The number of nitrogens with zero attached hydrogens (tertiary/aromatic N) is 2. The summed E-state index contributed by atoms with van der Waals surface area (Å²) in [4.78, 5) is 17.3. The van der Waals surface area contributed by atoms with E-state index in [2.05, 4.69) is 29.2 Å². The van der Waals surface area contributed by atoms with Crippen LogP contribution in [0.25, 0.3) is 0 Å². The van der Waals surface area contributed by atoms with Gasteiger partial charge in [0.2, 0.25) is 0 Å². The summed E-state index contributed by atoms with van der Waals surface area (Å²) in [7, 11) is 2.04. The second kappa shape index (κ2) is 10.7. The molecule has 0 spiro atoms. The zero-order valence-electron chi connectivity index (χ0n) is 19.3. The van der Waals surface area contributed by atoms with E-state index in [1.54, 1.807) is 0 Å². The van der Waals surface area contributed by atoms with Gasteiger partial charge in [0, 0.05) is 44.5 Å². The van der Waals surface area contributed by atoms with E-state index in [4.69, 9.17) is 5.73 Å². The Labute approximate surface area is 197 Å². The molecular weight excluding hydrogens is 409 g/mol. The Morgan fingerprint density at radius 3 is 2.58 bits per heavy atom. The number of carbonyl (C=O) groups is 1. The summed E-state index contributed by atoms with van der Waals surface area (Å²) in [5.41, 5.74) is 12.0. The Morgan fingerprint density at radius 1 is 1.06 bits per heavy atom. The van der Waals surface area contributed by atoms with Gasteiger partial charge in [0.05, 0.1) is 0 Å². The number of hydrogen-bond donors (Lipinski definition) is 2. The second-order valence-electron chi connectivity index (χ2n) is 8.85. The van der Waals surface area contributed by atoms with Crippen molar-refractivity contribution in [3.8, 4) is 0 Å². The van der Waals surface area contributed by atoms with E-state index in [1.165, 1.54) is 5.56 Å². The van der Waals surface area contributed by atoms with Crippen molar-refractivity contribution in [2.24, 2.45) is 5.73 Å². The molecule has 6 heteroatoms. The van der Waals surface area contributed by atoms with E-state index in [0.717, 1.165) is 53.8 Å². The van der Waals surface area contributed by atoms with Crippen LogP contribution in [0.5, 0.6) is 0 Å². The molecule has 0 aliphatic carbocycles. The van der Waals surface area contributed by atoms with Gasteiger partial charge in [0.15, 0.2) is 0 Å². The highest BCUT2D eigenvalue weighted by molar-refractivity contribution is 6.46. The molecule has 4 rings (SSSR count). The number of hydrogen-bond acceptors (Lipinski definition) is 4. The van der Waals surface area contributed by atoms with Crippen molar-refractivity contribution in [1.82, 2.24) is 4.90 Å². The molecule has 5 nitrogen and oxygen atoms in total. The van der Waals surface area contributed by atoms with E-state index >= 15 is 0 Å². The van der Waals surface area contributed by atoms with Crippen molar-refractivity contribution in [3.05, 3.63) is 95.1 Å². The third-order valence-corrected chi connectivity index (χ3v) is 6.67. The number of rotatable bonds is 7. The molecule has 1 aliphatic heterocycles. The molecule has 0 unspecified atom stereocenters. The molecule has 1 heterocycles. The molecule has 170 valence electrons. The fraction of sp³-hybridized carbons (Fsp3) is 0.296. The minimum Gasteiger partial charge on any atom is -0.449 e. The number of piperidine rings is 1. The summed E-state index contributed by atoms with van der Waals surface area (Å²) >= 11 is 0. The lowest BCUT2D eigenvalue weighted by Crippen LogP contribution is -2.38. The van der Waals surface area contributed by atoms with Crippen LogP contribution in [0.15, 0.2) is 72.8 Å². The summed E-state index contributed by atoms with van der Waals surface area (Å²) in [5.74, 6) is 0.569. The molecule has 1 amide bonds. The smallest absolute Gasteiger partial charge is 0.305 e. The molecule has 33 heavy (non-hydrogen) atoms. The van der Waals surface area contributed by atoms with Gasteiger partial charge in [-0.2, -0.15) is 0 Å². The zero-order chi connectivity index (χ0) is 23.2. The van der Waals surface area contributed by atoms with Gasteiger partial charge < -0.3 is 20.6 Å². The van der Waals surface area contributed by atoms with Crippen LogP contribution in [-0.2, 0) is 13.1 Å². The van der Waals surface area contributed by atoms with Crippen LogP contribution in [0, 0.1) is 0 Å². The second-order valence-corrected chi connectivity index (χ2v) is 8.85. The SMILES string of the molecule is CN(Cc1ccccc1BO)c1cccc(C(=O)N2CCC(c3cccc(CN)c3)CC2)c1. The first-order chi connectivity index (χ1) is 16.1. The van der Waals surface area contributed by atoms with Crippen LogP contribution < -0.4 is 16.1 Å². The summed E-state index contributed by atoms with van der Waals surface area (Å²) in [6.07, 6.45) is 1.94. The fourth-order valence-electron chi connectivity index (χ4n) is 4.66. The molecule has 1 aliphatic rings. The number of amides is 1. The maximum Gasteiger partial charge on any atom is 0.305 e. The van der Waals surface area contributed by atoms with Crippen molar-refractivity contribution in [2.45, 2.75) is 31.8 Å². The molecule has 3 aromatic rings. The number of likely N-dealkylation sites (tertiary alicyclic amines) is 1. The van der Waals surface area contributed by atoms with Gasteiger partial charge in [-0.25, -0.2) is 0 Å². The average molecular weight is 441 g/mol. The number of benzene rings is 3. The van der Waals surface area contributed by atoms with Crippen LogP contribution in [0.1, 0.15) is 45.8 Å². The van der Waals surface area contributed by atoms with Crippen molar-refractivity contribution >= 4 is 24.5 Å². The van der Waals surface area contributed by atoms with Crippen LogP contribution in [0.2, 0.25) is 0 Å². The quantitative estimate of drug-likeness (QED) is 0.554. The molecule has 1 fully saturated rings. The maximum atomic E-state index is 13.2. The van der Waals surface area contributed by atoms with E-state index in [0.29, 0.717) is 19.0 Å². The zero-order valence-corrected chi connectivity index (χ0v) is 19.3. The number of anilines is 1. The Balaban J connectivity index is 1.40. The van der Waals surface area contributed by atoms with Crippen LogP contribution >= 0.6 is 0 Å². The lowest BCUT2D eigenvalue weighted by molar-refractivity contribution is 0.0713. The van der Waals surface area contributed by atoms with Crippen LogP contribution in [-0.4, -0.2) is 43.5 Å². The molecular formula is C27H32BN3O2. The first kappa shape index (κ1) is 23.1. The van der Waals surface area contributed by atoms with Gasteiger partial charge >= 0.3 is 7.48 Å². The van der Waals surface area contributed by atoms with Crippen molar-refractivity contribution < 1.29 is 9.82 Å². The average Bonchev–Trinajstić information content (AvgIpc) is 2.88. The minimum atomic E-state index is 0.0228. The normalized spacial score (nSPS) is 14.2. The summed E-state index contributed by atoms with van der Waals surface area (Å²) < 4.78 is 0. The lowest BCUT2D eigenvalue weighted by Gasteiger charge is -2.32. The Hall–Kier alpha value is -3.09. The standard InChI is InChI=1S/C27H32BN3O2/c1-30(19-24-7-2-3-11-26(24)28-33)25-10-5-9-23(17-25)27(32)31-14-12-21(13-15-31)22-8-4-6-20(16-22)18-29/h2-11,16-17,21,28,33H,12-15,18-19,29H2,1H3. The minimum absolute atomic E-state index is 0.0228. The highest BCUT2D eigenvalue weighted by Gasteiger charge is 2.25. The predicted molar refractivity (Wildman–Crippen MR) is 136 cm³/mol. The van der Waals surface area contributed by atoms with E-state index in [-0.39, 0.29) is 13.4 Å². The largest absolute Gasteiger partial charge is 0.449 e. The number of carbonyl (C=O) groups excluding carboxylic acids is 1. The first-order valence-corrected chi connectivity index (χ1v) is 11.7. The van der Waals surface area contributed by atoms with Crippen molar-refractivity contribution in [2.75, 3.05) is 25.0 Å². The Morgan fingerprint density at radius 2 is 1.82 bits per heavy atom. The highest BCUT2D eigenvalue weighted by atomic mass is 16.2. The molecule has 0 bridgehead atoms. The van der Waals surface area contributed by atoms with E-state index < -0.39 is 0 Å². The maximum absolute atomic E-state index is 13.2. The van der Waals surface area contributed by atoms with Gasteiger partial charge in [0.1, 0.15) is 0 Å². The Kier molecular flexibility index (Phi) is 7.48. The molecule has 1 saturated heterocycles. The summed E-state index contributed by atoms with van der Waals surface area (Å²) in [6.45, 7) is 2.75. The monoisotopic (exact) mass is 441 g/mol. The highest BCUT2D eigenvalue weighted by Crippen LogP contribution is 2.29. The molecule has 0 radical (unpaired) electrons. The van der Waals surface area contributed by atoms with Gasteiger partial charge in [-0.05, 0) is 59.1 Å². The number of nitrogens with two attached hydrogens (primary N) is 1. The molecule has 0 atom stereocenters. The van der Waals surface area contributed by atoms with Gasteiger partial charge in [-0.1, -0.05) is 54.6 Å². The summed E-state index contributed by atoms with van der Waals surface area (Å²) in [6, 6.07) is 24.3. The van der Waals surface area contributed by atoms with Gasteiger partial charge in [0.25, 0.3) is 5.91 Å². The third kappa shape index (κ3) is 5.46. The van der Waals surface area contributed by atoms with Crippen molar-refractivity contribution in [3.63, 3.8) is 0 Å². The molecule has 0 saturated carbocycles. The predicted octanol–water partition coefficient (Wildman–Crippen LogP) is 2.77. The van der Waals surface area contributed by atoms with E-state index in [1.807, 2.05) is 60.5 Å². The van der Waals surface area contributed by atoms with Crippen LogP contribution in [0.3, 0.4) is 0 Å². The molecule has 0 aromatic heterocycles. The van der Waals surface area contributed by atoms with Gasteiger partial charge in [-0.3, -0.25) is 4.79 Å². The van der Waals surface area contributed by atoms with E-state index in [9.17, 15) is 9.82 Å². The topological polar surface area (TPSA) is 69.8 Å². The Bertz CT molecular complexity index is 1100. The van der Waals surface area contributed by atoms with Crippen molar-refractivity contribution in [1.29, 1.82) is 0 Å². The van der Waals surface area contributed by atoms with Gasteiger partial charge in [-0.15, -0.1) is 0 Å². The molecule has 3 aromatic carbocycles. The lowest BCUT2D eigenvalue weighted by atomic mass is 9.84.